The molecule has 210 valence electrons. The maximum atomic E-state index is 9.34. The Morgan fingerprint density at radius 3 is 1.84 bits per heavy atom. The lowest BCUT2D eigenvalue weighted by Gasteiger charge is -2.09. The van der Waals surface area contributed by atoms with Crippen molar-refractivity contribution >= 4 is 65.6 Å². The van der Waals surface area contributed by atoms with Gasteiger partial charge in [0.1, 0.15) is 5.58 Å². The number of para-hydroxylation sites is 3. The predicted octanol–water partition coefficient (Wildman–Crippen LogP) is 11.4. The first-order valence-corrected chi connectivity index (χ1v) is 14.6. The van der Waals surface area contributed by atoms with Crippen molar-refractivity contribution in [1.29, 1.82) is 0 Å². The first-order chi connectivity index (χ1) is 26.1. The van der Waals surface area contributed by atoms with Crippen LogP contribution >= 0.6 is 0 Å². The number of nitrogens with zero attached hydrogens (tertiary/aromatic N) is 2. The lowest BCUT2D eigenvalue weighted by molar-refractivity contribution is 0.675. The molecule has 0 unspecified atom stereocenters. The molecule has 0 spiro atoms. The number of benzene rings is 7. The van der Waals surface area contributed by atoms with Gasteiger partial charge in [-0.1, -0.05) is 103 Å². The van der Waals surface area contributed by atoms with Gasteiger partial charge in [-0.2, -0.15) is 0 Å². The Morgan fingerprint density at radius 2 is 1.04 bits per heavy atom. The average molecular weight is 584 g/mol. The standard InChI is InChI=1S/C42H26N2O/c1-3-11-27(12-4-1)28-19-21-30(22-20-28)44-36-17-9-7-15-31(36)32-23-24-34-33-25-26-38-39(41(33)45-42(34)40(32)44)35-16-8-10-18-37(35)43(38)29-13-5-2-6-14-29/h1-26H/i1D,3D,4D,11D,12D,19D,20D,21D,22D. The Morgan fingerprint density at radius 1 is 0.422 bits per heavy atom. The Balaban J connectivity index is 1.33. The average Bonchev–Trinajstić information content (AvgIpc) is 3.85. The van der Waals surface area contributed by atoms with Gasteiger partial charge in [-0.15, -0.1) is 0 Å². The molecule has 0 amide bonds. The highest BCUT2D eigenvalue weighted by Crippen LogP contribution is 2.44. The fourth-order valence-electron chi connectivity index (χ4n) is 6.80. The first kappa shape index (κ1) is 17.3. The summed E-state index contributed by atoms with van der Waals surface area (Å²) in [5, 5.41) is 5.24. The third kappa shape index (κ3) is 3.41. The first-order valence-electron chi connectivity index (χ1n) is 19.1. The summed E-state index contributed by atoms with van der Waals surface area (Å²) in [6.07, 6.45) is 0. The van der Waals surface area contributed by atoms with Gasteiger partial charge in [0.05, 0.1) is 39.8 Å². The van der Waals surface area contributed by atoms with Gasteiger partial charge in [-0.3, -0.25) is 0 Å². The number of furan rings is 1. The van der Waals surface area contributed by atoms with Crippen LogP contribution in [0.5, 0.6) is 0 Å². The summed E-state index contributed by atoms with van der Waals surface area (Å²) in [5.74, 6) is 0. The summed E-state index contributed by atoms with van der Waals surface area (Å²) in [6, 6.07) is 29.0. The van der Waals surface area contributed by atoms with E-state index in [1.54, 1.807) is 4.57 Å². The molecule has 45 heavy (non-hydrogen) atoms. The van der Waals surface area contributed by atoms with Gasteiger partial charge in [0.2, 0.25) is 0 Å². The van der Waals surface area contributed by atoms with E-state index in [2.05, 4.69) is 34.9 Å². The number of fused-ring (bicyclic) bond motifs is 11. The van der Waals surface area contributed by atoms with E-state index in [4.69, 9.17) is 14.0 Å². The maximum Gasteiger partial charge on any atom is 0.160 e. The Labute approximate surface area is 271 Å². The topological polar surface area (TPSA) is 23.0 Å². The molecular weight excluding hydrogens is 548 g/mol. The zero-order valence-corrected chi connectivity index (χ0v) is 23.6. The fourth-order valence-corrected chi connectivity index (χ4v) is 6.80. The van der Waals surface area contributed by atoms with Gasteiger partial charge in [-0.25, -0.2) is 0 Å². The Hall–Kier alpha value is -6.06. The van der Waals surface area contributed by atoms with Crippen LogP contribution in [-0.2, 0) is 0 Å². The SMILES string of the molecule is [2H]c1c([2H])c([2H])c(-c2c([2H])c([2H])c(-n3c4ccccc4c4ccc5c6ccc7c(c8ccccc8n7-c7ccccc7)c6oc5c43)c([2H])c2[2H])c([2H])c1[2H]. The molecule has 3 nitrogen and oxygen atoms in total. The van der Waals surface area contributed by atoms with Crippen molar-refractivity contribution in [2.45, 2.75) is 0 Å². The van der Waals surface area contributed by atoms with Gasteiger partial charge < -0.3 is 13.6 Å². The maximum absolute atomic E-state index is 9.34. The molecule has 3 heterocycles. The summed E-state index contributed by atoms with van der Waals surface area (Å²) in [7, 11) is 0. The van der Waals surface area contributed by atoms with Crippen LogP contribution < -0.4 is 0 Å². The van der Waals surface area contributed by atoms with Crippen molar-refractivity contribution in [1.82, 2.24) is 9.13 Å². The Kier molecular flexibility index (Phi) is 3.54. The van der Waals surface area contributed by atoms with Gasteiger partial charge in [0.15, 0.2) is 5.58 Å². The zero-order valence-electron chi connectivity index (χ0n) is 32.6. The molecule has 0 bridgehead atoms. The highest BCUT2D eigenvalue weighted by Gasteiger charge is 2.22. The molecule has 7 aromatic carbocycles. The lowest BCUT2D eigenvalue weighted by atomic mass is 10.1. The van der Waals surface area contributed by atoms with E-state index in [9.17, 15) is 2.74 Å². The second kappa shape index (κ2) is 9.22. The second-order valence-corrected chi connectivity index (χ2v) is 11.0. The van der Waals surface area contributed by atoms with Gasteiger partial charge >= 0.3 is 0 Å². The monoisotopic (exact) mass is 583 g/mol. The fraction of sp³-hybridized carbons (Fsp3) is 0. The molecule has 0 atom stereocenters. The smallest absolute Gasteiger partial charge is 0.160 e. The van der Waals surface area contributed by atoms with E-state index in [-0.39, 0.29) is 16.8 Å². The van der Waals surface area contributed by atoms with E-state index < -0.39 is 54.4 Å². The van der Waals surface area contributed by atoms with E-state index in [1.807, 2.05) is 72.8 Å². The van der Waals surface area contributed by atoms with Crippen LogP contribution in [0.4, 0.5) is 0 Å². The van der Waals surface area contributed by atoms with Crippen molar-refractivity contribution in [3.8, 4) is 22.5 Å². The van der Waals surface area contributed by atoms with Gasteiger partial charge in [-0.05, 0) is 65.7 Å². The van der Waals surface area contributed by atoms with Crippen molar-refractivity contribution in [3.05, 3.63) is 158 Å². The van der Waals surface area contributed by atoms with Crippen LogP contribution in [0, 0.1) is 0 Å². The molecule has 0 aliphatic heterocycles. The minimum absolute atomic E-state index is 0.0499. The third-order valence-electron chi connectivity index (χ3n) is 8.68. The second-order valence-electron chi connectivity index (χ2n) is 11.0. The summed E-state index contributed by atoms with van der Waals surface area (Å²) in [5.41, 5.74) is 4.57. The molecule has 3 aromatic heterocycles. The molecule has 3 heteroatoms. The number of rotatable bonds is 3. The van der Waals surface area contributed by atoms with Crippen LogP contribution in [0.25, 0.3) is 88.1 Å². The Bertz CT molecular complexity index is 3210. The number of aromatic nitrogens is 2. The summed E-state index contributed by atoms with van der Waals surface area (Å²) in [4.78, 5) is 0. The van der Waals surface area contributed by atoms with Crippen LogP contribution in [0.1, 0.15) is 12.3 Å². The molecule has 0 saturated carbocycles. The van der Waals surface area contributed by atoms with Gasteiger partial charge in [0.25, 0.3) is 0 Å². The largest absolute Gasteiger partial charge is 0.453 e. The van der Waals surface area contributed by atoms with Crippen LogP contribution in [0.15, 0.2) is 162 Å². The number of hydrogen-bond acceptors (Lipinski definition) is 1. The van der Waals surface area contributed by atoms with Crippen LogP contribution in [0.3, 0.4) is 0 Å². The lowest BCUT2D eigenvalue weighted by Crippen LogP contribution is -1.94. The molecule has 0 aliphatic rings. The molecule has 0 aliphatic carbocycles. The van der Waals surface area contributed by atoms with Crippen LogP contribution in [-0.4, -0.2) is 9.13 Å². The normalized spacial score (nSPS) is 14.8. The van der Waals surface area contributed by atoms with Crippen molar-refractivity contribution in [3.63, 3.8) is 0 Å². The number of hydrogen-bond donors (Lipinski definition) is 0. The van der Waals surface area contributed by atoms with Crippen molar-refractivity contribution in [2.24, 2.45) is 0 Å². The summed E-state index contributed by atoms with van der Waals surface area (Å²) < 4.78 is 89.3. The molecule has 10 aromatic rings. The van der Waals surface area contributed by atoms with Crippen molar-refractivity contribution < 1.29 is 16.8 Å². The quantitative estimate of drug-likeness (QED) is 0.203. The zero-order chi connectivity index (χ0) is 37.3. The molecule has 0 saturated heterocycles. The molecule has 0 N–H and O–H groups in total. The van der Waals surface area contributed by atoms with E-state index in [1.165, 1.54) is 0 Å². The third-order valence-corrected chi connectivity index (χ3v) is 8.68. The van der Waals surface area contributed by atoms with Gasteiger partial charge in [0, 0.05) is 38.3 Å². The predicted molar refractivity (Wildman–Crippen MR) is 188 cm³/mol. The van der Waals surface area contributed by atoms with E-state index in [0.29, 0.717) is 22.2 Å². The molecule has 10 rings (SSSR count). The minimum atomic E-state index is -0.623. The minimum Gasteiger partial charge on any atom is -0.453 e. The summed E-state index contributed by atoms with van der Waals surface area (Å²) in [6.45, 7) is 0. The summed E-state index contributed by atoms with van der Waals surface area (Å²) >= 11 is 0. The van der Waals surface area contributed by atoms with Crippen LogP contribution in [0.2, 0.25) is 0 Å². The molecular formula is C42H26N2O. The highest BCUT2D eigenvalue weighted by molar-refractivity contribution is 6.27. The van der Waals surface area contributed by atoms with E-state index >= 15 is 0 Å². The van der Waals surface area contributed by atoms with Crippen molar-refractivity contribution in [2.75, 3.05) is 0 Å². The molecule has 0 radical (unpaired) electrons. The molecule has 0 fully saturated rings. The van der Waals surface area contributed by atoms with E-state index in [0.717, 1.165) is 49.0 Å². The highest BCUT2D eigenvalue weighted by atomic mass is 16.3.